The highest BCUT2D eigenvalue weighted by Gasteiger charge is 2.55. The van der Waals surface area contributed by atoms with E-state index in [0.717, 1.165) is 32.5 Å². The average molecular weight is 332 g/mol. The lowest BCUT2D eigenvalue weighted by atomic mass is 9.55. The van der Waals surface area contributed by atoms with Gasteiger partial charge < -0.3 is 9.64 Å². The largest absolute Gasteiger partial charge is 0.462 e. The van der Waals surface area contributed by atoms with Crippen molar-refractivity contribution in [1.82, 2.24) is 4.90 Å². The molecule has 2 aliphatic carbocycles. The molecule has 0 aromatic carbocycles. The maximum atomic E-state index is 12.6. The average Bonchev–Trinajstić information content (AvgIpc) is 2.72. The molecule has 24 heavy (non-hydrogen) atoms. The topological polar surface area (TPSA) is 29.5 Å². The summed E-state index contributed by atoms with van der Waals surface area (Å²) >= 11 is 0. The SMILES string of the molecule is C=C1CCCC2(C)CC3OC(=O)C(CN4CCCCCC4)C3CC12. The van der Waals surface area contributed by atoms with E-state index in [2.05, 4.69) is 18.4 Å². The summed E-state index contributed by atoms with van der Waals surface area (Å²) in [4.78, 5) is 15.2. The van der Waals surface area contributed by atoms with Crippen molar-refractivity contribution in [2.24, 2.45) is 23.2 Å². The summed E-state index contributed by atoms with van der Waals surface area (Å²) in [5.74, 6) is 1.22. The zero-order valence-corrected chi connectivity index (χ0v) is 15.3. The van der Waals surface area contributed by atoms with Gasteiger partial charge in [0.15, 0.2) is 0 Å². The van der Waals surface area contributed by atoms with Crippen LogP contribution in [0.3, 0.4) is 0 Å². The Morgan fingerprint density at radius 2 is 1.96 bits per heavy atom. The second kappa shape index (κ2) is 6.48. The maximum absolute atomic E-state index is 12.6. The van der Waals surface area contributed by atoms with Gasteiger partial charge >= 0.3 is 5.97 Å². The molecule has 0 bridgehead atoms. The number of likely N-dealkylation sites (tertiary alicyclic amines) is 1. The summed E-state index contributed by atoms with van der Waals surface area (Å²) in [6, 6.07) is 0. The van der Waals surface area contributed by atoms with Crippen molar-refractivity contribution in [3.05, 3.63) is 12.2 Å². The Hall–Kier alpha value is -0.830. The van der Waals surface area contributed by atoms with Gasteiger partial charge in [0, 0.05) is 12.5 Å². The number of esters is 1. The molecule has 134 valence electrons. The molecular weight excluding hydrogens is 298 g/mol. The van der Waals surface area contributed by atoms with E-state index in [1.165, 1.54) is 50.5 Å². The minimum Gasteiger partial charge on any atom is -0.462 e. The van der Waals surface area contributed by atoms with Gasteiger partial charge in [-0.2, -0.15) is 0 Å². The number of hydrogen-bond donors (Lipinski definition) is 0. The molecule has 2 saturated heterocycles. The van der Waals surface area contributed by atoms with Crippen molar-refractivity contribution in [3.63, 3.8) is 0 Å². The fraction of sp³-hybridized carbons (Fsp3) is 0.857. The second-order valence-corrected chi connectivity index (χ2v) is 9.12. The molecule has 5 atom stereocenters. The van der Waals surface area contributed by atoms with E-state index in [-0.39, 0.29) is 18.0 Å². The van der Waals surface area contributed by atoms with Crippen molar-refractivity contribution < 1.29 is 9.53 Å². The molecule has 2 saturated carbocycles. The molecule has 4 fully saturated rings. The first-order chi connectivity index (χ1) is 11.6. The quantitative estimate of drug-likeness (QED) is 0.562. The summed E-state index contributed by atoms with van der Waals surface area (Å²) < 4.78 is 5.90. The number of fused-ring (bicyclic) bond motifs is 2. The predicted molar refractivity (Wildman–Crippen MR) is 95.6 cm³/mol. The minimum absolute atomic E-state index is 0.0853. The molecule has 3 nitrogen and oxygen atoms in total. The first kappa shape index (κ1) is 16.6. The van der Waals surface area contributed by atoms with Crippen molar-refractivity contribution in [2.45, 2.75) is 70.8 Å². The third-order valence-corrected chi connectivity index (χ3v) is 7.47. The van der Waals surface area contributed by atoms with E-state index >= 15 is 0 Å². The lowest BCUT2D eigenvalue weighted by Gasteiger charge is -2.50. The summed E-state index contributed by atoms with van der Waals surface area (Å²) in [5, 5.41) is 0. The van der Waals surface area contributed by atoms with Crippen LogP contribution < -0.4 is 0 Å². The van der Waals surface area contributed by atoms with Crippen LogP contribution in [0.1, 0.15) is 64.7 Å². The smallest absolute Gasteiger partial charge is 0.310 e. The van der Waals surface area contributed by atoms with Crippen molar-refractivity contribution in [2.75, 3.05) is 19.6 Å². The molecule has 2 heterocycles. The number of carbonyl (C=O) groups is 1. The van der Waals surface area contributed by atoms with Crippen LogP contribution in [-0.4, -0.2) is 36.6 Å². The van der Waals surface area contributed by atoms with Crippen molar-refractivity contribution in [3.8, 4) is 0 Å². The Kier molecular flexibility index (Phi) is 4.49. The molecule has 0 radical (unpaired) electrons. The van der Waals surface area contributed by atoms with E-state index in [4.69, 9.17) is 4.74 Å². The summed E-state index contributed by atoms with van der Waals surface area (Å²) in [7, 11) is 0. The van der Waals surface area contributed by atoms with E-state index in [1.54, 1.807) is 0 Å². The van der Waals surface area contributed by atoms with Gasteiger partial charge in [0.2, 0.25) is 0 Å². The fourth-order valence-electron chi connectivity index (χ4n) is 6.06. The third kappa shape index (κ3) is 2.94. The number of ether oxygens (including phenoxy) is 1. The third-order valence-electron chi connectivity index (χ3n) is 7.47. The number of rotatable bonds is 2. The molecule has 4 aliphatic rings. The maximum Gasteiger partial charge on any atom is 0.310 e. The molecular formula is C21H33NO2. The van der Waals surface area contributed by atoms with Crippen molar-refractivity contribution in [1.29, 1.82) is 0 Å². The summed E-state index contributed by atoms with van der Waals surface area (Å²) in [6.45, 7) is 10.1. The van der Waals surface area contributed by atoms with E-state index in [0.29, 0.717) is 17.3 Å². The summed E-state index contributed by atoms with van der Waals surface area (Å²) in [5.41, 5.74) is 1.75. The van der Waals surface area contributed by atoms with Crippen LogP contribution in [0, 0.1) is 23.2 Å². The fourth-order valence-corrected chi connectivity index (χ4v) is 6.06. The van der Waals surface area contributed by atoms with Gasteiger partial charge in [-0.15, -0.1) is 0 Å². The zero-order valence-electron chi connectivity index (χ0n) is 15.3. The lowest BCUT2D eigenvalue weighted by Crippen LogP contribution is -2.45. The Morgan fingerprint density at radius 1 is 1.21 bits per heavy atom. The van der Waals surface area contributed by atoms with Gasteiger partial charge in [-0.25, -0.2) is 0 Å². The van der Waals surface area contributed by atoms with Crippen LogP contribution in [0.25, 0.3) is 0 Å². The molecule has 5 unspecified atom stereocenters. The Morgan fingerprint density at radius 3 is 2.71 bits per heavy atom. The Bertz CT molecular complexity index is 508. The van der Waals surface area contributed by atoms with Crippen LogP contribution in [-0.2, 0) is 9.53 Å². The molecule has 0 spiro atoms. The number of carbonyl (C=O) groups excluding carboxylic acids is 1. The number of hydrogen-bond acceptors (Lipinski definition) is 3. The van der Waals surface area contributed by atoms with Gasteiger partial charge in [-0.05, 0) is 69.4 Å². The van der Waals surface area contributed by atoms with Crippen LogP contribution >= 0.6 is 0 Å². The predicted octanol–water partition coefficient (Wildman–Crippen LogP) is 4.18. The minimum atomic E-state index is 0.0853. The van der Waals surface area contributed by atoms with Crippen LogP contribution in [0.15, 0.2) is 12.2 Å². The second-order valence-electron chi connectivity index (χ2n) is 9.12. The van der Waals surface area contributed by atoms with Gasteiger partial charge in [0.25, 0.3) is 0 Å². The summed E-state index contributed by atoms with van der Waals surface area (Å²) in [6.07, 6.45) is 11.3. The Labute approximate surface area is 146 Å². The van der Waals surface area contributed by atoms with E-state index in [9.17, 15) is 4.79 Å². The highest BCUT2D eigenvalue weighted by atomic mass is 16.6. The standard InChI is InChI=1S/C21H33NO2/c1-15-8-7-9-21(2)13-19-16(12-18(15)21)17(20(23)24-19)14-22-10-5-3-4-6-11-22/h16-19H,1,3-14H2,2H3. The van der Waals surface area contributed by atoms with Gasteiger partial charge in [0.1, 0.15) is 6.10 Å². The van der Waals surface area contributed by atoms with Crippen LogP contribution in [0.2, 0.25) is 0 Å². The molecule has 3 heteroatoms. The van der Waals surface area contributed by atoms with Gasteiger partial charge in [-0.3, -0.25) is 4.79 Å². The Balaban J connectivity index is 1.49. The molecule has 0 amide bonds. The molecule has 2 aliphatic heterocycles. The van der Waals surface area contributed by atoms with Gasteiger partial charge in [0.05, 0.1) is 5.92 Å². The monoisotopic (exact) mass is 331 g/mol. The number of allylic oxidation sites excluding steroid dienone is 1. The first-order valence-corrected chi connectivity index (χ1v) is 10.2. The molecule has 0 N–H and O–H groups in total. The van der Waals surface area contributed by atoms with E-state index < -0.39 is 0 Å². The highest BCUT2D eigenvalue weighted by Crippen LogP contribution is 2.56. The first-order valence-electron chi connectivity index (χ1n) is 10.2. The van der Waals surface area contributed by atoms with Gasteiger partial charge in [-0.1, -0.05) is 31.9 Å². The van der Waals surface area contributed by atoms with Crippen LogP contribution in [0.4, 0.5) is 0 Å². The lowest BCUT2D eigenvalue weighted by molar-refractivity contribution is -0.146. The van der Waals surface area contributed by atoms with E-state index in [1.807, 2.05) is 0 Å². The molecule has 0 aromatic heterocycles. The van der Waals surface area contributed by atoms with Crippen molar-refractivity contribution >= 4 is 5.97 Å². The van der Waals surface area contributed by atoms with Crippen LogP contribution in [0.5, 0.6) is 0 Å². The number of nitrogens with zero attached hydrogens (tertiary/aromatic N) is 1. The highest BCUT2D eigenvalue weighted by molar-refractivity contribution is 5.75. The zero-order chi connectivity index (χ0) is 16.7. The molecule has 4 rings (SSSR count). The molecule has 0 aromatic rings. The normalized spacial score (nSPS) is 43.7.